The molecule has 0 aliphatic carbocycles. The average molecular weight is 458 g/mol. The fourth-order valence-corrected chi connectivity index (χ4v) is 3.79. The molecule has 3 rings (SSSR count). The molecular weight excluding hydrogens is 436 g/mol. The standard InChI is InChI=1S/C18H22BrClN4O3/c1-2-17(26)24-10-12(11-24)22-3-5-23(6-4-22)18(27)9-21-15-7-13(19)14(20)8-16(15)25/h2,7-8,12,21,25H,1,3-6,9-11H2. The van der Waals surface area contributed by atoms with E-state index in [0.717, 1.165) is 26.2 Å². The number of piperazine rings is 1. The number of likely N-dealkylation sites (tertiary alicyclic amines) is 1. The number of carbonyl (C=O) groups is 2. The van der Waals surface area contributed by atoms with E-state index in [2.05, 4.69) is 32.7 Å². The fourth-order valence-electron chi connectivity index (χ4n) is 3.29. The van der Waals surface area contributed by atoms with Crippen LogP contribution in [0.2, 0.25) is 5.02 Å². The third kappa shape index (κ3) is 4.56. The third-order valence-electron chi connectivity index (χ3n) is 5.00. The Labute approximate surface area is 171 Å². The number of hydrogen-bond donors (Lipinski definition) is 2. The van der Waals surface area contributed by atoms with Crippen LogP contribution in [0.5, 0.6) is 5.75 Å². The highest BCUT2D eigenvalue weighted by Gasteiger charge is 2.35. The molecule has 2 saturated heterocycles. The molecule has 0 atom stereocenters. The summed E-state index contributed by atoms with van der Waals surface area (Å²) in [5, 5.41) is 13.3. The molecule has 0 saturated carbocycles. The van der Waals surface area contributed by atoms with Gasteiger partial charge in [0, 0.05) is 55.8 Å². The monoisotopic (exact) mass is 456 g/mol. The lowest BCUT2D eigenvalue weighted by Crippen LogP contribution is -2.64. The van der Waals surface area contributed by atoms with E-state index in [-0.39, 0.29) is 24.1 Å². The fraction of sp³-hybridized carbons (Fsp3) is 0.444. The molecule has 27 heavy (non-hydrogen) atoms. The van der Waals surface area contributed by atoms with Crippen LogP contribution < -0.4 is 5.32 Å². The highest BCUT2D eigenvalue weighted by molar-refractivity contribution is 9.10. The molecule has 2 N–H and O–H groups in total. The summed E-state index contributed by atoms with van der Waals surface area (Å²) in [5.41, 5.74) is 0.458. The van der Waals surface area contributed by atoms with Crippen molar-refractivity contribution in [2.45, 2.75) is 6.04 Å². The largest absolute Gasteiger partial charge is 0.506 e. The first-order chi connectivity index (χ1) is 12.9. The minimum atomic E-state index is -0.0248. The van der Waals surface area contributed by atoms with Gasteiger partial charge in [0.25, 0.3) is 0 Å². The van der Waals surface area contributed by atoms with Crippen LogP contribution in [0, 0.1) is 0 Å². The first-order valence-corrected chi connectivity index (χ1v) is 9.91. The van der Waals surface area contributed by atoms with Crippen LogP contribution in [0.3, 0.4) is 0 Å². The second-order valence-corrected chi connectivity index (χ2v) is 7.92. The van der Waals surface area contributed by atoms with Crippen molar-refractivity contribution in [2.24, 2.45) is 0 Å². The first-order valence-electron chi connectivity index (χ1n) is 8.74. The van der Waals surface area contributed by atoms with E-state index in [0.29, 0.717) is 34.3 Å². The minimum Gasteiger partial charge on any atom is -0.506 e. The van der Waals surface area contributed by atoms with E-state index < -0.39 is 0 Å². The SMILES string of the molecule is C=CC(=O)N1CC(N2CCN(C(=O)CNc3cc(Br)c(Cl)cc3O)CC2)C1. The first kappa shape index (κ1) is 20.0. The Morgan fingerprint density at radius 2 is 1.93 bits per heavy atom. The lowest BCUT2D eigenvalue weighted by molar-refractivity contribution is -0.135. The predicted octanol–water partition coefficient (Wildman–Crippen LogP) is 1.76. The van der Waals surface area contributed by atoms with Crippen LogP contribution in [0.4, 0.5) is 5.69 Å². The zero-order valence-electron chi connectivity index (χ0n) is 14.8. The topological polar surface area (TPSA) is 76.1 Å². The van der Waals surface area contributed by atoms with Crippen LogP contribution in [0.25, 0.3) is 0 Å². The van der Waals surface area contributed by atoms with Gasteiger partial charge in [-0.15, -0.1) is 0 Å². The quantitative estimate of drug-likeness (QED) is 0.520. The summed E-state index contributed by atoms with van der Waals surface area (Å²) in [7, 11) is 0. The maximum Gasteiger partial charge on any atom is 0.246 e. The molecule has 2 amide bonds. The number of amides is 2. The number of benzene rings is 1. The molecule has 2 aliphatic rings. The molecule has 1 aromatic rings. The number of phenolic OH excluding ortho intramolecular Hbond substituents is 1. The summed E-state index contributed by atoms with van der Waals surface area (Å²) in [5.74, 6) is -0.0372. The van der Waals surface area contributed by atoms with Crippen molar-refractivity contribution in [3.8, 4) is 5.75 Å². The van der Waals surface area contributed by atoms with Crippen molar-refractivity contribution >= 4 is 45.0 Å². The molecule has 7 nitrogen and oxygen atoms in total. The Balaban J connectivity index is 1.43. The smallest absolute Gasteiger partial charge is 0.246 e. The molecule has 0 unspecified atom stereocenters. The molecule has 0 radical (unpaired) electrons. The maximum absolute atomic E-state index is 12.4. The summed E-state index contributed by atoms with van der Waals surface area (Å²) in [4.78, 5) is 29.9. The zero-order valence-corrected chi connectivity index (χ0v) is 17.2. The lowest BCUT2D eigenvalue weighted by atomic mass is 10.1. The maximum atomic E-state index is 12.4. The van der Waals surface area contributed by atoms with Gasteiger partial charge in [0.05, 0.1) is 17.3 Å². The molecular formula is C18H22BrClN4O3. The highest BCUT2D eigenvalue weighted by atomic mass is 79.9. The van der Waals surface area contributed by atoms with Gasteiger partial charge >= 0.3 is 0 Å². The number of hydrogen-bond acceptors (Lipinski definition) is 5. The van der Waals surface area contributed by atoms with Crippen LogP contribution in [0.15, 0.2) is 29.3 Å². The number of carbonyl (C=O) groups excluding carboxylic acids is 2. The van der Waals surface area contributed by atoms with Crippen molar-refractivity contribution in [1.29, 1.82) is 0 Å². The van der Waals surface area contributed by atoms with Gasteiger partial charge < -0.3 is 20.2 Å². The molecule has 2 heterocycles. The Morgan fingerprint density at radius 3 is 2.56 bits per heavy atom. The van der Waals surface area contributed by atoms with Gasteiger partial charge in [0.2, 0.25) is 11.8 Å². The minimum absolute atomic E-state index is 0.00410. The third-order valence-corrected chi connectivity index (χ3v) is 6.20. The average Bonchev–Trinajstić information content (AvgIpc) is 2.62. The van der Waals surface area contributed by atoms with E-state index in [9.17, 15) is 14.7 Å². The van der Waals surface area contributed by atoms with Gasteiger partial charge in [-0.2, -0.15) is 0 Å². The highest BCUT2D eigenvalue weighted by Crippen LogP contribution is 2.33. The summed E-state index contributed by atoms with van der Waals surface area (Å²) >= 11 is 9.22. The molecule has 0 bridgehead atoms. The van der Waals surface area contributed by atoms with Crippen LogP contribution >= 0.6 is 27.5 Å². The number of nitrogens with zero attached hydrogens (tertiary/aromatic N) is 3. The van der Waals surface area contributed by atoms with E-state index in [4.69, 9.17) is 11.6 Å². The van der Waals surface area contributed by atoms with Crippen LogP contribution in [-0.4, -0.2) is 83.5 Å². The predicted molar refractivity (Wildman–Crippen MR) is 108 cm³/mol. The Hall–Kier alpha value is -1.77. The molecule has 1 aromatic carbocycles. The van der Waals surface area contributed by atoms with E-state index in [1.807, 2.05) is 4.90 Å². The van der Waals surface area contributed by atoms with Crippen molar-refractivity contribution in [3.05, 3.63) is 34.3 Å². The van der Waals surface area contributed by atoms with Gasteiger partial charge in [-0.05, 0) is 28.1 Å². The van der Waals surface area contributed by atoms with Gasteiger partial charge in [-0.1, -0.05) is 18.2 Å². The number of halogens is 2. The van der Waals surface area contributed by atoms with Crippen molar-refractivity contribution < 1.29 is 14.7 Å². The normalized spacial score (nSPS) is 18.1. The van der Waals surface area contributed by atoms with Gasteiger partial charge in [-0.25, -0.2) is 0 Å². The second kappa shape index (κ2) is 8.50. The Morgan fingerprint density at radius 1 is 1.26 bits per heavy atom. The Kier molecular flexibility index (Phi) is 6.29. The molecule has 2 fully saturated rings. The zero-order chi connectivity index (χ0) is 19.6. The molecule has 2 aliphatic heterocycles. The summed E-state index contributed by atoms with van der Waals surface area (Å²) < 4.78 is 0.648. The molecule has 0 spiro atoms. The summed E-state index contributed by atoms with van der Waals surface area (Å²) in [6.45, 7) is 7.97. The van der Waals surface area contributed by atoms with Crippen LogP contribution in [-0.2, 0) is 9.59 Å². The number of phenols is 1. The van der Waals surface area contributed by atoms with Gasteiger partial charge in [0.1, 0.15) is 5.75 Å². The van der Waals surface area contributed by atoms with Crippen molar-refractivity contribution in [1.82, 2.24) is 14.7 Å². The molecule has 146 valence electrons. The second-order valence-electron chi connectivity index (χ2n) is 6.65. The van der Waals surface area contributed by atoms with E-state index >= 15 is 0 Å². The van der Waals surface area contributed by atoms with Crippen molar-refractivity contribution in [3.63, 3.8) is 0 Å². The van der Waals surface area contributed by atoms with Gasteiger partial charge in [0.15, 0.2) is 0 Å². The Bertz CT molecular complexity index is 746. The van der Waals surface area contributed by atoms with E-state index in [1.165, 1.54) is 12.1 Å². The number of anilines is 1. The number of rotatable bonds is 5. The lowest BCUT2D eigenvalue weighted by Gasteiger charge is -2.47. The molecule has 0 aromatic heterocycles. The van der Waals surface area contributed by atoms with Gasteiger partial charge in [-0.3, -0.25) is 14.5 Å². The van der Waals surface area contributed by atoms with Crippen molar-refractivity contribution in [2.75, 3.05) is 51.1 Å². The summed E-state index contributed by atoms with van der Waals surface area (Å²) in [6, 6.07) is 3.44. The number of nitrogens with one attached hydrogen (secondary N) is 1. The van der Waals surface area contributed by atoms with E-state index in [1.54, 1.807) is 11.0 Å². The van der Waals surface area contributed by atoms with Crippen LogP contribution in [0.1, 0.15) is 0 Å². The summed E-state index contributed by atoms with van der Waals surface area (Å²) in [6.07, 6.45) is 1.34. The molecule has 9 heteroatoms. The number of aromatic hydroxyl groups is 1.